The summed E-state index contributed by atoms with van der Waals surface area (Å²) < 4.78 is 70.8. The maximum atomic E-state index is 13.0. The molecule has 0 atom stereocenters. The smallest absolute Gasteiger partial charge is 0.379 e. The number of morpholine rings is 1. The van der Waals surface area contributed by atoms with E-state index in [9.17, 15) is 26.4 Å². The monoisotopic (exact) mass is 422 g/mol. The maximum absolute atomic E-state index is 13.0. The largest absolute Gasteiger partial charge is 0.406 e. The molecule has 1 saturated heterocycles. The molecule has 1 aliphatic rings. The summed E-state index contributed by atoms with van der Waals surface area (Å²) in [6.07, 6.45) is -4.56. The van der Waals surface area contributed by atoms with Gasteiger partial charge in [-0.3, -0.25) is 4.79 Å². The van der Waals surface area contributed by atoms with Crippen LogP contribution in [0.25, 0.3) is 0 Å². The number of hydrogen-bond donors (Lipinski definition) is 0. The number of alkyl halides is 3. The molecule has 0 aliphatic carbocycles. The zero-order valence-corrected chi connectivity index (χ0v) is 16.9. The summed E-state index contributed by atoms with van der Waals surface area (Å²) in [5.41, 5.74) is -0.652. The van der Waals surface area contributed by atoms with E-state index in [1.165, 1.54) is 22.5 Å². The molecule has 10 heteroatoms. The lowest BCUT2D eigenvalue weighted by Crippen LogP contribution is -2.43. The number of nitrogens with zero attached hydrogens (tertiary/aromatic N) is 2. The van der Waals surface area contributed by atoms with Crippen molar-refractivity contribution in [1.82, 2.24) is 9.21 Å². The highest BCUT2D eigenvalue weighted by Crippen LogP contribution is 2.24. The lowest BCUT2D eigenvalue weighted by Gasteiger charge is -2.31. The highest BCUT2D eigenvalue weighted by molar-refractivity contribution is 7.89. The van der Waals surface area contributed by atoms with Crippen molar-refractivity contribution in [2.75, 3.05) is 39.4 Å². The van der Waals surface area contributed by atoms with E-state index in [2.05, 4.69) is 0 Å². The average Bonchev–Trinajstić information content (AvgIpc) is 2.59. The van der Waals surface area contributed by atoms with Gasteiger partial charge in [-0.15, -0.1) is 0 Å². The molecule has 2 rings (SSSR count). The summed E-state index contributed by atoms with van der Waals surface area (Å²) in [7, 11) is -3.85. The Morgan fingerprint density at radius 1 is 1.14 bits per heavy atom. The molecular weight excluding hydrogens is 397 g/mol. The van der Waals surface area contributed by atoms with Gasteiger partial charge in [-0.25, -0.2) is 8.42 Å². The zero-order valence-electron chi connectivity index (χ0n) is 16.1. The van der Waals surface area contributed by atoms with Gasteiger partial charge in [0.1, 0.15) is 6.54 Å². The number of hydrogen-bond acceptors (Lipinski definition) is 4. The normalized spacial score (nSPS) is 16.8. The second kappa shape index (κ2) is 8.38. The van der Waals surface area contributed by atoms with Crippen LogP contribution in [0.5, 0.6) is 0 Å². The third-order valence-corrected chi connectivity index (χ3v) is 5.91. The van der Waals surface area contributed by atoms with Crippen LogP contribution in [0.3, 0.4) is 0 Å². The van der Waals surface area contributed by atoms with E-state index in [0.29, 0.717) is 4.90 Å². The van der Waals surface area contributed by atoms with Crippen LogP contribution in [0.1, 0.15) is 31.1 Å². The second-order valence-corrected chi connectivity index (χ2v) is 9.82. The van der Waals surface area contributed by atoms with Gasteiger partial charge in [-0.1, -0.05) is 26.8 Å². The van der Waals surface area contributed by atoms with Crippen LogP contribution < -0.4 is 0 Å². The van der Waals surface area contributed by atoms with Gasteiger partial charge in [-0.2, -0.15) is 17.5 Å². The van der Waals surface area contributed by atoms with Crippen molar-refractivity contribution in [3.8, 4) is 0 Å². The van der Waals surface area contributed by atoms with Gasteiger partial charge < -0.3 is 9.64 Å². The minimum Gasteiger partial charge on any atom is -0.379 e. The number of sulfonamides is 1. The Kier molecular flexibility index (Phi) is 6.78. The first-order valence-electron chi connectivity index (χ1n) is 8.84. The van der Waals surface area contributed by atoms with Crippen LogP contribution in [0, 0.1) is 5.41 Å². The SMILES string of the molecule is CC(C)(C)CN(CC(F)(F)F)C(=O)c1cccc(S(=O)(=O)N2CCOCC2)c1. The molecule has 0 radical (unpaired) electrons. The molecule has 0 unspecified atom stereocenters. The molecule has 0 N–H and O–H groups in total. The predicted molar refractivity (Wildman–Crippen MR) is 97.4 cm³/mol. The van der Waals surface area contributed by atoms with Gasteiger partial charge in [0.2, 0.25) is 10.0 Å². The summed E-state index contributed by atoms with van der Waals surface area (Å²) >= 11 is 0. The van der Waals surface area contributed by atoms with E-state index in [4.69, 9.17) is 4.74 Å². The minimum atomic E-state index is -4.56. The molecule has 0 bridgehead atoms. The van der Waals surface area contributed by atoms with Crippen LogP contribution in [-0.4, -0.2) is 69.1 Å². The topological polar surface area (TPSA) is 66.9 Å². The quantitative estimate of drug-likeness (QED) is 0.732. The predicted octanol–water partition coefficient (Wildman–Crippen LogP) is 2.76. The van der Waals surface area contributed by atoms with Gasteiger partial charge in [0, 0.05) is 25.2 Å². The number of amides is 1. The second-order valence-electron chi connectivity index (χ2n) is 7.88. The Morgan fingerprint density at radius 3 is 2.29 bits per heavy atom. The van der Waals surface area contributed by atoms with Crippen LogP contribution >= 0.6 is 0 Å². The Bertz CT molecular complexity index is 782. The minimum absolute atomic E-state index is 0.0946. The third kappa shape index (κ3) is 6.18. The fraction of sp³-hybridized carbons (Fsp3) is 0.611. The molecule has 1 amide bonds. The van der Waals surface area contributed by atoms with Crippen molar-refractivity contribution in [3.63, 3.8) is 0 Å². The lowest BCUT2D eigenvalue weighted by atomic mass is 9.95. The van der Waals surface area contributed by atoms with Crippen LogP contribution in [-0.2, 0) is 14.8 Å². The molecule has 28 heavy (non-hydrogen) atoms. The summed E-state index contributed by atoms with van der Waals surface area (Å²) in [4.78, 5) is 13.3. The summed E-state index contributed by atoms with van der Waals surface area (Å²) in [5, 5.41) is 0. The van der Waals surface area contributed by atoms with E-state index in [-0.39, 0.29) is 43.3 Å². The number of ether oxygens (including phenoxy) is 1. The Hall–Kier alpha value is -1.65. The number of benzene rings is 1. The third-order valence-electron chi connectivity index (χ3n) is 4.01. The Labute approximate surface area is 163 Å². The Balaban J connectivity index is 2.32. The molecule has 1 aromatic rings. The van der Waals surface area contributed by atoms with Crippen LogP contribution in [0.15, 0.2) is 29.2 Å². The van der Waals surface area contributed by atoms with Gasteiger partial charge in [0.05, 0.1) is 18.1 Å². The highest BCUT2D eigenvalue weighted by atomic mass is 32.2. The molecule has 1 aliphatic heterocycles. The highest BCUT2D eigenvalue weighted by Gasteiger charge is 2.35. The number of carbonyl (C=O) groups is 1. The molecule has 158 valence electrons. The summed E-state index contributed by atoms with van der Waals surface area (Å²) in [6.45, 7) is 4.56. The van der Waals surface area contributed by atoms with Gasteiger partial charge in [-0.05, 0) is 23.6 Å². The molecule has 1 fully saturated rings. The fourth-order valence-corrected chi connectivity index (χ4v) is 4.35. The summed E-state index contributed by atoms with van der Waals surface area (Å²) in [5.74, 6) is -0.855. The zero-order chi connectivity index (χ0) is 21.2. The molecular formula is C18H25F3N2O4S. The van der Waals surface area contributed by atoms with E-state index in [1.807, 2.05) is 0 Å². The lowest BCUT2D eigenvalue weighted by molar-refractivity contribution is -0.142. The van der Waals surface area contributed by atoms with Crippen molar-refractivity contribution in [3.05, 3.63) is 29.8 Å². The van der Waals surface area contributed by atoms with Crippen LogP contribution in [0.4, 0.5) is 13.2 Å². The van der Waals surface area contributed by atoms with Gasteiger partial charge in [0.15, 0.2) is 0 Å². The van der Waals surface area contributed by atoms with Crippen molar-refractivity contribution in [2.45, 2.75) is 31.8 Å². The van der Waals surface area contributed by atoms with E-state index in [1.54, 1.807) is 20.8 Å². The standard InChI is InChI=1S/C18H25F3N2O4S/c1-17(2,3)12-22(13-18(19,20)21)16(24)14-5-4-6-15(11-14)28(25,26)23-7-9-27-10-8-23/h4-6,11H,7-10,12-13H2,1-3H3. The van der Waals surface area contributed by atoms with Crippen LogP contribution in [0.2, 0.25) is 0 Å². The number of carbonyl (C=O) groups excluding carboxylic acids is 1. The molecule has 1 aromatic carbocycles. The van der Waals surface area contributed by atoms with E-state index < -0.39 is 34.1 Å². The molecule has 0 spiro atoms. The van der Waals surface area contributed by atoms with E-state index in [0.717, 1.165) is 6.07 Å². The van der Waals surface area contributed by atoms with Crippen molar-refractivity contribution < 1.29 is 31.1 Å². The number of halogens is 3. The van der Waals surface area contributed by atoms with E-state index >= 15 is 0 Å². The van der Waals surface area contributed by atoms with Gasteiger partial charge in [0.25, 0.3) is 5.91 Å². The first kappa shape index (κ1) is 22.6. The molecule has 0 aromatic heterocycles. The van der Waals surface area contributed by atoms with Gasteiger partial charge >= 0.3 is 6.18 Å². The first-order chi connectivity index (χ1) is 12.8. The van der Waals surface area contributed by atoms with Crippen molar-refractivity contribution in [1.29, 1.82) is 0 Å². The molecule has 0 saturated carbocycles. The number of rotatable bonds is 5. The molecule has 1 heterocycles. The Morgan fingerprint density at radius 2 is 1.75 bits per heavy atom. The average molecular weight is 422 g/mol. The fourth-order valence-electron chi connectivity index (χ4n) is 2.90. The van der Waals surface area contributed by atoms with Crippen molar-refractivity contribution in [2.24, 2.45) is 5.41 Å². The molecule has 6 nitrogen and oxygen atoms in total. The summed E-state index contributed by atoms with van der Waals surface area (Å²) in [6, 6.07) is 5.16. The van der Waals surface area contributed by atoms with Crippen molar-refractivity contribution >= 4 is 15.9 Å². The maximum Gasteiger partial charge on any atom is 0.406 e. The first-order valence-corrected chi connectivity index (χ1v) is 10.3.